The SMILES string of the molecule is COc1ccccc1-c1cccc(OC)c1C(=O)O. The molecule has 2 aromatic rings. The Bertz CT molecular complexity index is 605. The number of hydrogen-bond acceptors (Lipinski definition) is 3. The first-order valence-electron chi connectivity index (χ1n) is 5.72. The van der Waals surface area contributed by atoms with Crippen molar-refractivity contribution in [2.24, 2.45) is 0 Å². The minimum atomic E-state index is -1.03. The van der Waals surface area contributed by atoms with Gasteiger partial charge >= 0.3 is 5.97 Å². The van der Waals surface area contributed by atoms with E-state index in [0.717, 1.165) is 5.56 Å². The molecule has 2 rings (SSSR count). The molecule has 0 bridgehead atoms. The minimum absolute atomic E-state index is 0.134. The van der Waals surface area contributed by atoms with Crippen molar-refractivity contribution >= 4 is 5.97 Å². The number of carboxylic acids is 1. The van der Waals surface area contributed by atoms with Crippen LogP contribution in [0.5, 0.6) is 11.5 Å². The van der Waals surface area contributed by atoms with E-state index in [1.54, 1.807) is 31.4 Å². The van der Waals surface area contributed by atoms with Gasteiger partial charge < -0.3 is 14.6 Å². The number of para-hydroxylation sites is 1. The van der Waals surface area contributed by atoms with Crippen LogP contribution in [0.1, 0.15) is 10.4 Å². The quantitative estimate of drug-likeness (QED) is 0.915. The molecule has 0 aromatic heterocycles. The van der Waals surface area contributed by atoms with Crippen molar-refractivity contribution in [2.75, 3.05) is 14.2 Å². The summed E-state index contributed by atoms with van der Waals surface area (Å²) >= 11 is 0. The molecular weight excluding hydrogens is 244 g/mol. The number of hydrogen-bond donors (Lipinski definition) is 1. The molecule has 0 aliphatic carbocycles. The van der Waals surface area contributed by atoms with Crippen LogP contribution in [-0.2, 0) is 0 Å². The molecule has 0 unspecified atom stereocenters. The maximum absolute atomic E-state index is 11.5. The highest BCUT2D eigenvalue weighted by Crippen LogP contribution is 2.35. The predicted octanol–water partition coefficient (Wildman–Crippen LogP) is 3.07. The second-order valence-electron chi connectivity index (χ2n) is 3.89. The van der Waals surface area contributed by atoms with Crippen LogP contribution in [-0.4, -0.2) is 25.3 Å². The van der Waals surface area contributed by atoms with Crippen LogP contribution < -0.4 is 9.47 Å². The number of carbonyl (C=O) groups is 1. The van der Waals surface area contributed by atoms with E-state index in [0.29, 0.717) is 17.1 Å². The predicted molar refractivity (Wildman–Crippen MR) is 71.9 cm³/mol. The van der Waals surface area contributed by atoms with Crippen LogP contribution in [0, 0.1) is 0 Å². The number of rotatable bonds is 4. The second kappa shape index (κ2) is 5.44. The molecule has 4 heteroatoms. The second-order valence-corrected chi connectivity index (χ2v) is 3.89. The monoisotopic (exact) mass is 258 g/mol. The number of carboxylic acid groups (broad SMARTS) is 1. The molecule has 19 heavy (non-hydrogen) atoms. The van der Waals surface area contributed by atoms with Gasteiger partial charge in [-0.15, -0.1) is 0 Å². The molecule has 0 amide bonds. The Kier molecular flexibility index (Phi) is 3.71. The van der Waals surface area contributed by atoms with E-state index in [-0.39, 0.29) is 5.56 Å². The van der Waals surface area contributed by atoms with Gasteiger partial charge in [0.2, 0.25) is 0 Å². The van der Waals surface area contributed by atoms with E-state index < -0.39 is 5.97 Å². The van der Waals surface area contributed by atoms with Crippen LogP contribution >= 0.6 is 0 Å². The Morgan fingerprint density at radius 1 is 0.895 bits per heavy atom. The van der Waals surface area contributed by atoms with Gasteiger partial charge in [0, 0.05) is 11.1 Å². The lowest BCUT2D eigenvalue weighted by molar-refractivity contribution is 0.0694. The average molecular weight is 258 g/mol. The van der Waals surface area contributed by atoms with Gasteiger partial charge in [0.15, 0.2) is 0 Å². The van der Waals surface area contributed by atoms with Crippen molar-refractivity contribution in [1.82, 2.24) is 0 Å². The number of benzene rings is 2. The largest absolute Gasteiger partial charge is 0.496 e. The molecule has 0 spiro atoms. The lowest BCUT2D eigenvalue weighted by Gasteiger charge is -2.13. The highest BCUT2D eigenvalue weighted by atomic mass is 16.5. The minimum Gasteiger partial charge on any atom is -0.496 e. The summed E-state index contributed by atoms with van der Waals surface area (Å²) in [5.74, 6) is -0.0764. The molecule has 4 nitrogen and oxygen atoms in total. The van der Waals surface area contributed by atoms with Gasteiger partial charge in [0.1, 0.15) is 17.1 Å². The molecular formula is C15H14O4. The van der Waals surface area contributed by atoms with Gasteiger partial charge in [-0.2, -0.15) is 0 Å². The zero-order valence-corrected chi connectivity index (χ0v) is 10.7. The van der Waals surface area contributed by atoms with E-state index >= 15 is 0 Å². The van der Waals surface area contributed by atoms with Crippen molar-refractivity contribution in [3.8, 4) is 22.6 Å². The molecule has 0 aliphatic heterocycles. The van der Waals surface area contributed by atoms with Gasteiger partial charge in [0.25, 0.3) is 0 Å². The summed E-state index contributed by atoms with van der Waals surface area (Å²) in [5, 5.41) is 9.38. The number of methoxy groups -OCH3 is 2. The summed E-state index contributed by atoms with van der Waals surface area (Å²) < 4.78 is 10.4. The summed E-state index contributed by atoms with van der Waals surface area (Å²) in [6.45, 7) is 0. The van der Waals surface area contributed by atoms with E-state index in [1.165, 1.54) is 7.11 Å². The fourth-order valence-electron chi connectivity index (χ4n) is 2.01. The lowest BCUT2D eigenvalue weighted by Crippen LogP contribution is -2.03. The molecule has 98 valence electrons. The van der Waals surface area contributed by atoms with Gasteiger partial charge in [-0.3, -0.25) is 0 Å². The first-order valence-corrected chi connectivity index (χ1v) is 5.72. The molecule has 0 aliphatic rings. The van der Waals surface area contributed by atoms with E-state index in [9.17, 15) is 9.90 Å². The van der Waals surface area contributed by atoms with E-state index in [1.807, 2.05) is 18.2 Å². The summed E-state index contributed by atoms with van der Waals surface area (Å²) in [7, 11) is 3.01. The van der Waals surface area contributed by atoms with Crippen LogP contribution in [0.2, 0.25) is 0 Å². The van der Waals surface area contributed by atoms with Crippen molar-refractivity contribution in [1.29, 1.82) is 0 Å². The van der Waals surface area contributed by atoms with Crippen molar-refractivity contribution < 1.29 is 19.4 Å². The Labute approximate surface area is 111 Å². The van der Waals surface area contributed by atoms with Gasteiger partial charge in [-0.1, -0.05) is 30.3 Å². The Morgan fingerprint density at radius 3 is 2.11 bits per heavy atom. The highest BCUT2D eigenvalue weighted by Gasteiger charge is 2.19. The Balaban J connectivity index is 2.71. The number of ether oxygens (including phenoxy) is 2. The van der Waals surface area contributed by atoms with Crippen molar-refractivity contribution in [3.63, 3.8) is 0 Å². The Morgan fingerprint density at radius 2 is 1.47 bits per heavy atom. The fourth-order valence-corrected chi connectivity index (χ4v) is 2.01. The first-order chi connectivity index (χ1) is 9.19. The zero-order chi connectivity index (χ0) is 13.8. The van der Waals surface area contributed by atoms with Crippen LogP contribution in [0.15, 0.2) is 42.5 Å². The normalized spacial score (nSPS) is 10.0. The average Bonchev–Trinajstić information content (AvgIpc) is 2.46. The first kappa shape index (κ1) is 13.0. The van der Waals surface area contributed by atoms with Crippen molar-refractivity contribution in [2.45, 2.75) is 0 Å². The van der Waals surface area contributed by atoms with Crippen LogP contribution in [0.3, 0.4) is 0 Å². The highest BCUT2D eigenvalue weighted by molar-refractivity contribution is 5.99. The topological polar surface area (TPSA) is 55.8 Å². The summed E-state index contributed by atoms with van der Waals surface area (Å²) in [4.78, 5) is 11.5. The lowest BCUT2D eigenvalue weighted by atomic mass is 9.98. The van der Waals surface area contributed by atoms with Gasteiger partial charge in [-0.25, -0.2) is 4.79 Å². The molecule has 0 fully saturated rings. The number of aromatic carboxylic acids is 1. The maximum Gasteiger partial charge on any atom is 0.340 e. The summed E-state index contributed by atoms with van der Waals surface area (Å²) in [5.41, 5.74) is 1.43. The van der Waals surface area contributed by atoms with Gasteiger partial charge in [-0.05, 0) is 12.1 Å². The summed E-state index contributed by atoms with van der Waals surface area (Å²) in [6.07, 6.45) is 0. The standard InChI is InChI=1S/C15H14O4/c1-18-12-8-4-3-6-10(12)11-7-5-9-13(19-2)14(11)15(16)17/h3-9H,1-2H3,(H,16,17). The third kappa shape index (κ3) is 2.38. The molecule has 0 saturated carbocycles. The maximum atomic E-state index is 11.5. The fraction of sp³-hybridized carbons (Fsp3) is 0.133. The zero-order valence-electron chi connectivity index (χ0n) is 10.7. The molecule has 0 radical (unpaired) electrons. The smallest absolute Gasteiger partial charge is 0.340 e. The van der Waals surface area contributed by atoms with Crippen LogP contribution in [0.25, 0.3) is 11.1 Å². The third-order valence-corrected chi connectivity index (χ3v) is 2.86. The van der Waals surface area contributed by atoms with E-state index in [2.05, 4.69) is 0 Å². The molecule has 1 N–H and O–H groups in total. The third-order valence-electron chi connectivity index (χ3n) is 2.86. The Hall–Kier alpha value is -2.49. The summed E-state index contributed by atoms with van der Waals surface area (Å²) in [6, 6.07) is 12.4. The van der Waals surface area contributed by atoms with E-state index in [4.69, 9.17) is 9.47 Å². The molecule has 0 atom stereocenters. The molecule has 0 saturated heterocycles. The molecule has 2 aromatic carbocycles. The van der Waals surface area contributed by atoms with Gasteiger partial charge in [0.05, 0.1) is 14.2 Å². The van der Waals surface area contributed by atoms with Crippen molar-refractivity contribution in [3.05, 3.63) is 48.0 Å². The van der Waals surface area contributed by atoms with Crippen LogP contribution in [0.4, 0.5) is 0 Å². The molecule has 0 heterocycles.